The quantitative estimate of drug-likeness (QED) is 0.929. The van der Waals surface area contributed by atoms with E-state index in [4.69, 9.17) is 5.11 Å². The van der Waals surface area contributed by atoms with Gasteiger partial charge in [-0.3, -0.25) is 4.79 Å². The average Bonchev–Trinajstić information content (AvgIpc) is 2.25. The first-order chi connectivity index (χ1) is 8.08. The summed E-state index contributed by atoms with van der Waals surface area (Å²) in [6.45, 7) is 3.63. The fourth-order valence-electron chi connectivity index (χ4n) is 1.99. The molecule has 0 amide bonds. The van der Waals surface area contributed by atoms with Crippen molar-refractivity contribution in [2.45, 2.75) is 23.5 Å². The van der Waals surface area contributed by atoms with E-state index in [-0.39, 0.29) is 6.42 Å². The Labute approximate surface area is 113 Å². The molecule has 92 valence electrons. The first kappa shape index (κ1) is 12.8. The number of hydrogen-bond acceptors (Lipinski definition) is 3. The van der Waals surface area contributed by atoms with Crippen LogP contribution in [0.1, 0.15) is 13.3 Å². The molecule has 1 unspecified atom stereocenters. The van der Waals surface area contributed by atoms with Gasteiger partial charge in [0.15, 0.2) is 0 Å². The average molecular weight is 316 g/mol. The highest BCUT2D eigenvalue weighted by molar-refractivity contribution is 9.10. The van der Waals surface area contributed by atoms with Crippen LogP contribution in [0, 0.1) is 0 Å². The fraction of sp³-hybridized carbons (Fsp3) is 0.417. The highest BCUT2D eigenvalue weighted by Gasteiger charge is 2.24. The van der Waals surface area contributed by atoms with Gasteiger partial charge >= 0.3 is 5.97 Å². The smallest absolute Gasteiger partial charge is 0.305 e. The molecule has 1 atom stereocenters. The van der Waals surface area contributed by atoms with E-state index in [1.54, 1.807) is 0 Å². The van der Waals surface area contributed by atoms with Crippen LogP contribution >= 0.6 is 27.7 Å². The molecule has 1 aliphatic heterocycles. The van der Waals surface area contributed by atoms with Gasteiger partial charge in [0.05, 0.1) is 12.1 Å². The maximum absolute atomic E-state index is 10.7. The Hall–Kier alpha value is -0.680. The summed E-state index contributed by atoms with van der Waals surface area (Å²) < 4.78 is 1.04. The number of hydrogen-bond donors (Lipinski definition) is 1. The molecule has 17 heavy (non-hydrogen) atoms. The molecule has 1 aromatic carbocycles. The van der Waals surface area contributed by atoms with Crippen LogP contribution in [0.3, 0.4) is 0 Å². The first-order valence-electron chi connectivity index (χ1n) is 5.50. The molecule has 0 saturated heterocycles. The number of anilines is 1. The molecular weight excluding hydrogens is 302 g/mol. The number of benzene rings is 1. The molecule has 1 N–H and O–H groups in total. The maximum Gasteiger partial charge on any atom is 0.305 e. The molecular formula is C12H14BrNO2S. The van der Waals surface area contributed by atoms with Crippen molar-refractivity contribution in [3.8, 4) is 0 Å². The van der Waals surface area contributed by atoms with E-state index in [1.807, 2.05) is 23.9 Å². The lowest BCUT2D eigenvalue weighted by Gasteiger charge is -2.34. The minimum absolute atomic E-state index is 0.179. The number of thioether (sulfide) groups is 1. The summed E-state index contributed by atoms with van der Waals surface area (Å²) in [6.07, 6.45) is 0.179. The Kier molecular flexibility index (Phi) is 3.99. The lowest BCUT2D eigenvalue weighted by atomic mass is 10.2. The molecule has 5 heteroatoms. The molecule has 0 fully saturated rings. The van der Waals surface area contributed by atoms with Gasteiger partial charge in [0.2, 0.25) is 0 Å². The standard InChI is InChI=1S/C12H14BrNO2S/c1-8-7-14(6-5-11(15)16)12-9(13)3-2-4-10(12)17-8/h2-4,8H,5-7H2,1H3,(H,15,16). The number of para-hydroxylation sites is 1. The molecule has 0 aliphatic carbocycles. The molecule has 0 radical (unpaired) electrons. The van der Waals surface area contributed by atoms with E-state index in [0.29, 0.717) is 11.8 Å². The van der Waals surface area contributed by atoms with E-state index >= 15 is 0 Å². The van der Waals surface area contributed by atoms with E-state index in [2.05, 4.69) is 33.8 Å². The minimum Gasteiger partial charge on any atom is -0.481 e. The lowest BCUT2D eigenvalue weighted by Crippen LogP contribution is -2.35. The molecule has 1 aliphatic rings. The second-order valence-corrected chi connectivity index (χ2v) is 6.44. The Morgan fingerprint density at radius 3 is 3.12 bits per heavy atom. The highest BCUT2D eigenvalue weighted by Crippen LogP contribution is 2.42. The number of carboxylic acid groups (broad SMARTS) is 1. The Bertz CT molecular complexity index is 439. The summed E-state index contributed by atoms with van der Waals surface area (Å²) in [5.74, 6) is -0.746. The number of nitrogens with zero attached hydrogens (tertiary/aromatic N) is 1. The van der Waals surface area contributed by atoms with Gasteiger partial charge in [-0.1, -0.05) is 13.0 Å². The Balaban J connectivity index is 2.26. The minimum atomic E-state index is -0.746. The maximum atomic E-state index is 10.7. The van der Waals surface area contributed by atoms with Crippen LogP contribution in [0.2, 0.25) is 0 Å². The van der Waals surface area contributed by atoms with Crippen molar-refractivity contribution in [3.63, 3.8) is 0 Å². The third-order valence-corrected chi connectivity index (χ3v) is 4.44. The number of halogens is 1. The van der Waals surface area contributed by atoms with Gasteiger partial charge in [0, 0.05) is 27.7 Å². The first-order valence-corrected chi connectivity index (χ1v) is 7.17. The lowest BCUT2D eigenvalue weighted by molar-refractivity contribution is -0.136. The summed E-state index contributed by atoms with van der Waals surface area (Å²) in [6, 6.07) is 6.11. The Morgan fingerprint density at radius 1 is 1.65 bits per heavy atom. The van der Waals surface area contributed by atoms with Crippen molar-refractivity contribution in [2.75, 3.05) is 18.0 Å². The summed E-state index contributed by atoms with van der Waals surface area (Å²) in [5.41, 5.74) is 1.14. The van der Waals surface area contributed by atoms with Crippen LogP contribution in [0.4, 0.5) is 5.69 Å². The molecule has 0 spiro atoms. The third kappa shape index (κ3) is 2.96. The van der Waals surface area contributed by atoms with Gasteiger partial charge < -0.3 is 10.0 Å². The number of carbonyl (C=O) groups is 1. The Morgan fingerprint density at radius 2 is 2.41 bits per heavy atom. The van der Waals surface area contributed by atoms with E-state index in [1.165, 1.54) is 4.90 Å². The second-order valence-electron chi connectivity index (χ2n) is 4.10. The van der Waals surface area contributed by atoms with Gasteiger partial charge in [-0.15, -0.1) is 11.8 Å². The van der Waals surface area contributed by atoms with Crippen LogP contribution < -0.4 is 4.90 Å². The van der Waals surface area contributed by atoms with Crippen LogP contribution in [0.5, 0.6) is 0 Å². The monoisotopic (exact) mass is 315 g/mol. The van der Waals surface area contributed by atoms with Gasteiger partial charge in [-0.25, -0.2) is 0 Å². The van der Waals surface area contributed by atoms with Crippen molar-refractivity contribution in [2.24, 2.45) is 0 Å². The van der Waals surface area contributed by atoms with Crippen molar-refractivity contribution in [1.82, 2.24) is 0 Å². The number of aliphatic carboxylic acids is 1. The zero-order valence-electron chi connectivity index (χ0n) is 9.52. The van der Waals surface area contributed by atoms with Gasteiger partial charge in [0.25, 0.3) is 0 Å². The van der Waals surface area contributed by atoms with Crippen LogP contribution in [0.15, 0.2) is 27.6 Å². The van der Waals surface area contributed by atoms with E-state index in [0.717, 1.165) is 16.7 Å². The van der Waals surface area contributed by atoms with Crippen molar-refractivity contribution >= 4 is 39.3 Å². The van der Waals surface area contributed by atoms with Crippen LogP contribution in [-0.4, -0.2) is 29.4 Å². The van der Waals surface area contributed by atoms with Crippen molar-refractivity contribution < 1.29 is 9.90 Å². The summed E-state index contributed by atoms with van der Waals surface area (Å²) in [5, 5.41) is 9.28. The predicted octanol–water partition coefficient (Wildman–Crippen LogP) is 3.22. The van der Waals surface area contributed by atoms with Gasteiger partial charge in [-0.05, 0) is 28.1 Å². The zero-order chi connectivity index (χ0) is 12.4. The predicted molar refractivity (Wildman–Crippen MR) is 73.9 cm³/mol. The van der Waals surface area contributed by atoms with Crippen molar-refractivity contribution in [3.05, 3.63) is 22.7 Å². The van der Waals surface area contributed by atoms with E-state index in [9.17, 15) is 4.79 Å². The summed E-state index contributed by atoms with van der Waals surface area (Å²) in [4.78, 5) is 14.1. The summed E-state index contributed by atoms with van der Waals surface area (Å²) in [7, 11) is 0. The molecule has 0 aromatic heterocycles. The number of rotatable bonds is 3. The molecule has 3 nitrogen and oxygen atoms in total. The van der Waals surface area contributed by atoms with E-state index < -0.39 is 5.97 Å². The van der Waals surface area contributed by atoms with Gasteiger partial charge in [-0.2, -0.15) is 0 Å². The molecule has 1 aromatic rings. The van der Waals surface area contributed by atoms with Crippen molar-refractivity contribution in [1.29, 1.82) is 0 Å². The van der Waals surface area contributed by atoms with Crippen LogP contribution in [-0.2, 0) is 4.79 Å². The molecule has 0 saturated carbocycles. The fourth-order valence-corrected chi connectivity index (χ4v) is 3.93. The second kappa shape index (κ2) is 5.31. The largest absolute Gasteiger partial charge is 0.481 e. The normalized spacial score (nSPS) is 18.9. The zero-order valence-corrected chi connectivity index (χ0v) is 11.9. The molecule has 0 bridgehead atoms. The van der Waals surface area contributed by atoms with Gasteiger partial charge in [0.1, 0.15) is 0 Å². The number of carboxylic acids is 1. The highest BCUT2D eigenvalue weighted by atomic mass is 79.9. The molecule has 2 rings (SSSR count). The number of fused-ring (bicyclic) bond motifs is 1. The molecule has 1 heterocycles. The summed E-state index contributed by atoms with van der Waals surface area (Å²) >= 11 is 5.39. The topological polar surface area (TPSA) is 40.5 Å². The third-order valence-electron chi connectivity index (χ3n) is 2.67. The van der Waals surface area contributed by atoms with Crippen LogP contribution in [0.25, 0.3) is 0 Å². The SMILES string of the molecule is CC1CN(CCC(=O)O)c2c(Br)cccc2S1.